The molecule has 0 aromatic heterocycles. The standard InChI is InChI=1S/C18H30N4/c1-15(2)21-18(19-3)20-13-17-11-7-8-12-22(17)14-16-9-5-4-6-10-16/h4-6,9-10,15,17H,7-8,11-14H2,1-3H3,(H2,19,20,21). The van der Waals surface area contributed by atoms with Crippen molar-refractivity contribution in [2.75, 3.05) is 20.1 Å². The van der Waals surface area contributed by atoms with Gasteiger partial charge in [-0.2, -0.15) is 0 Å². The average Bonchev–Trinajstić information content (AvgIpc) is 2.53. The van der Waals surface area contributed by atoms with Gasteiger partial charge in [0.1, 0.15) is 0 Å². The number of hydrogen-bond acceptors (Lipinski definition) is 2. The molecule has 1 aromatic rings. The molecule has 1 unspecified atom stereocenters. The molecule has 0 bridgehead atoms. The quantitative estimate of drug-likeness (QED) is 0.649. The molecule has 0 amide bonds. The van der Waals surface area contributed by atoms with Crippen LogP contribution in [0.3, 0.4) is 0 Å². The van der Waals surface area contributed by atoms with Crippen LogP contribution in [0.5, 0.6) is 0 Å². The molecule has 1 saturated heterocycles. The Bertz CT molecular complexity index is 455. The van der Waals surface area contributed by atoms with Crippen LogP contribution >= 0.6 is 0 Å². The number of nitrogens with zero attached hydrogens (tertiary/aromatic N) is 2. The first-order valence-corrected chi connectivity index (χ1v) is 8.44. The summed E-state index contributed by atoms with van der Waals surface area (Å²) in [5, 5.41) is 6.84. The third-order valence-corrected chi connectivity index (χ3v) is 4.13. The van der Waals surface area contributed by atoms with Crippen molar-refractivity contribution in [1.29, 1.82) is 0 Å². The van der Waals surface area contributed by atoms with E-state index in [0.717, 1.165) is 19.0 Å². The van der Waals surface area contributed by atoms with Crippen molar-refractivity contribution < 1.29 is 0 Å². The maximum atomic E-state index is 4.30. The van der Waals surface area contributed by atoms with Crippen molar-refractivity contribution in [1.82, 2.24) is 15.5 Å². The highest BCUT2D eigenvalue weighted by molar-refractivity contribution is 5.79. The molecule has 122 valence electrons. The topological polar surface area (TPSA) is 39.7 Å². The minimum absolute atomic E-state index is 0.401. The van der Waals surface area contributed by atoms with Crippen molar-refractivity contribution in [3.8, 4) is 0 Å². The first kappa shape index (κ1) is 16.8. The van der Waals surface area contributed by atoms with Gasteiger partial charge in [-0.3, -0.25) is 9.89 Å². The van der Waals surface area contributed by atoms with E-state index < -0.39 is 0 Å². The zero-order chi connectivity index (χ0) is 15.8. The van der Waals surface area contributed by atoms with Gasteiger partial charge >= 0.3 is 0 Å². The maximum Gasteiger partial charge on any atom is 0.191 e. The lowest BCUT2D eigenvalue weighted by atomic mass is 10.0. The molecule has 2 rings (SSSR count). The third-order valence-electron chi connectivity index (χ3n) is 4.13. The second-order valence-corrected chi connectivity index (χ2v) is 6.36. The summed E-state index contributed by atoms with van der Waals surface area (Å²) in [6.07, 6.45) is 3.90. The van der Waals surface area contributed by atoms with E-state index in [1.54, 1.807) is 0 Å². The highest BCUT2D eigenvalue weighted by atomic mass is 15.2. The molecule has 1 aliphatic rings. The summed E-state index contributed by atoms with van der Waals surface area (Å²) in [4.78, 5) is 6.90. The van der Waals surface area contributed by atoms with Crippen LogP contribution in [-0.4, -0.2) is 43.1 Å². The van der Waals surface area contributed by atoms with Gasteiger partial charge in [0.15, 0.2) is 5.96 Å². The van der Waals surface area contributed by atoms with Gasteiger partial charge in [-0.25, -0.2) is 0 Å². The second-order valence-electron chi connectivity index (χ2n) is 6.36. The van der Waals surface area contributed by atoms with Gasteiger partial charge in [-0.15, -0.1) is 0 Å². The van der Waals surface area contributed by atoms with Crippen LogP contribution in [0, 0.1) is 0 Å². The predicted molar refractivity (Wildman–Crippen MR) is 94.1 cm³/mol. The number of rotatable bonds is 5. The number of hydrogen-bond donors (Lipinski definition) is 2. The molecular formula is C18H30N4. The van der Waals surface area contributed by atoms with Gasteiger partial charge in [-0.05, 0) is 38.8 Å². The largest absolute Gasteiger partial charge is 0.355 e. The highest BCUT2D eigenvalue weighted by Crippen LogP contribution is 2.19. The van der Waals surface area contributed by atoms with E-state index in [-0.39, 0.29) is 0 Å². The molecule has 2 N–H and O–H groups in total. The van der Waals surface area contributed by atoms with Crippen LogP contribution in [0.4, 0.5) is 0 Å². The molecule has 0 radical (unpaired) electrons. The smallest absolute Gasteiger partial charge is 0.191 e. The summed E-state index contributed by atoms with van der Waals surface area (Å²) in [5.41, 5.74) is 1.40. The first-order valence-electron chi connectivity index (χ1n) is 8.44. The van der Waals surface area contributed by atoms with Crippen LogP contribution in [-0.2, 0) is 6.54 Å². The Labute approximate surface area is 135 Å². The lowest BCUT2D eigenvalue weighted by Gasteiger charge is -2.36. The minimum atomic E-state index is 0.401. The van der Waals surface area contributed by atoms with E-state index in [1.165, 1.54) is 31.4 Å². The fourth-order valence-corrected chi connectivity index (χ4v) is 3.00. The van der Waals surface area contributed by atoms with Gasteiger partial charge in [0.25, 0.3) is 0 Å². The molecule has 0 spiro atoms. The molecule has 1 atom stereocenters. The highest BCUT2D eigenvalue weighted by Gasteiger charge is 2.22. The summed E-state index contributed by atoms with van der Waals surface area (Å²) >= 11 is 0. The van der Waals surface area contributed by atoms with Gasteiger partial charge in [0, 0.05) is 32.2 Å². The van der Waals surface area contributed by atoms with Crippen molar-refractivity contribution in [2.24, 2.45) is 4.99 Å². The summed E-state index contributed by atoms with van der Waals surface area (Å²) in [6.45, 7) is 7.46. The van der Waals surface area contributed by atoms with E-state index in [4.69, 9.17) is 0 Å². The molecule has 1 fully saturated rings. The molecule has 22 heavy (non-hydrogen) atoms. The molecule has 1 heterocycles. The molecule has 1 aliphatic heterocycles. The number of likely N-dealkylation sites (tertiary alicyclic amines) is 1. The normalized spacial score (nSPS) is 20.2. The number of piperidine rings is 1. The summed E-state index contributed by atoms with van der Waals surface area (Å²) < 4.78 is 0. The average molecular weight is 302 g/mol. The van der Waals surface area contributed by atoms with E-state index in [0.29, 0.717) is 12.1 Å². The second kappa shape index (κ2) is 8.79. The minimum Gasteiger partial charge on any atom is -0.355 e. The van der Waals surface area contributed by atoms with E-state index in [1.807, 2.05) is 7.05 Å². The van der Waals surface area contributed by atoms with Crippen molar-refractivity contribution >= 4 is 5.96 Å². The molecule has 0 saturated carbocycles. The Morgan fingerprint density at radius 2 is 2.05 bits per heavy atom. The lowest BCUT2D eigenvalue weighted by molar-refractivity contribution is 0.141. The Morgan fingerprint density at radius 1 is 1.27 bits per heavy atom. The fraction of sp³-hybridized carbons (Fsp3) is 0.611. The fourth-order valence-electron chi connectivity index (χ4n) is 3.00. The first-order chi connectivity index (χ1) is 10.7. The number of aliphatic imine (C=N–C) groups is 1. The van der Waals surface area contributed by atoms with E-state index >= 15 is 0 Å². The molecule has 0 aliphatic carbocycles. The Balaban J connectivity index is 1.89. The van der Waals surface area contributed by atoms with E-state index in [9.17, 15) is 0 Å². The zero-order valence-corrected chi connectivity index (χ0v) is 14.2. The number of benzene rings is 1. The Hall–Kier alpha value is -1.55. The summed E-state index contributed by atoms with van der Waals surface area (Å²) in [6, 6.07) is 11.8. The number of guanidine groups is 1. The van der Waals surface area contributed by atoms with E-state index in [2.05, 4.69) is 64.7 Å². The van der Waals surface area contributed by atoms with Gasteiger partial charge in [-0.1, -0.05) is 36.8 Å². The van der Waals surface area contributed by atoms with Crippen LogP contribution in [0.25, 0.3) is 0 Å². The van der Waals surface area contributed by atoms with Crippen LogP contribution in [0.2, 0.25) is 0 Å². The third kappa shape index (κ3) is 5.34. The molecule has 1 aromatic carbocycles. The Morgan fingerprint density at radius 3 is 2.73 bits per heavy atom. The van der Waals surface area contributed by atoms with Crippen molar-refractivity contribution in [3.63, 3.8) is 0 Å². The summed E-state index contributed by atoms with van der Waals surface area (Å²) in [7, 11) is 1.83. The predicted octanol–water partition coefficient (Wildman–Crippen LogP) is 2.61. The summed E-state index contributed by atoms with van der Waals surface area (Å²) in [5.74, 6) is 0.903. The zero-order valence-electron chi connectivity index (χ0n) is 14.2. The monoisotopic (exact) mass is 302 g/mol. The van der Waals surface area contributed by atoms with Gasteiger partial charge in [0.2, 0.25) is 0 Å². The molecular weight excluding hydrogens is 272 g/mol. The molecule has 4 heteroatoms. The lowest BCUT2D eigenvalue weighted by Crippen LogP contribution is -2.49. The van der Waals surface area contributed by atoms with Crippen molar-refractivity contribution in [2.45, 2.75) is 51.7 Å². The SMILES string of the molecule is CN=C(NCC1CCCCN1Cc1ccccc1)NC(C)C. The van der Waals surface area contributed by atoms with Gasteiger partial charge in [0.05, 0.1) is 0 Å². The molecule has 4 nitrogen and oxygen atoms in total. The van der Waals surface area contributed by atoms with Crippen LogP contribution < -0.4 is 10.6 Å². The Kier molecular flexibility index (Phi) is 6.72. The van der Waals surface area contributed by atoms with Crippen molar-refractivity contribution in [3.05, 3.63) is 35.9 Å². The van der Waals surface area contributed by atoms with Crippen LogP contribution in [0.15, 0.2) is 35.3 Å². The van der Waals surface area contributed by atoms with Crippen LogP contribution in [0.1, 0.15) is 38.7 Å². The van der Waals surface area contributed by atoms with Gasteiger partial charge < -0.3 is 10.6 Å². The maximum absolute atomic E-state index is 4.30. The number of nitrogens with one attached hydrogen (secondary N) is 2.